The maximum Gasteiger partial charge on any atom is 0.0850 e. The first-order chi connectivity index (χ1) is 9.62. The lowest BCUT2D eigenvalue weighted by Gasteiger charge is -2.17. The van der Waals surface area contributed by atoms with Crippen LogP contribution in [-0.2, 0) is 26.4 Å². The van der Waals surface area contributed by atoms with E-state index < -0.39 is 0 Å². The van der Waals surface area contributed by atoms with Gasteiger partial charge in [-0.05, 0) is 19.4 Å². The van der Waals surface area contributed by atoms with Gasteiger partial charge in [0, 0.05) is 26.2 Å². The highest BCUT2D eigenvalue weighted by Crippen LogP contribution is 2.26. The summed E-state index contributed by atoms with van der Waals surface area (Å²) in [5.41, 5.74) is 5.80. The van der Waals surface area contributed by atoms with Crippen LogP contribution in [0.3, 0.4) is 0 Å². The Morgan fingerprint density at radius 3 is 2.70 bits per heavy atom. The third-order valence-electron chi connectivity index (χ3n) is 3.51. The molecule has 1 unspecified atom stereocenters. The molecular formula is C13H21ClN6. The van der Waals surface area contributed by atoms with Crippen molar-refractivity contribution in [1.82, 2.24) is 25.0 Å². The van der Waals surface area contributed by atoms with Crippen LogP contribution in [0.1, 0.15) is 37.0 Å². The Morgan fingerprint density at radius 2 is 2.20 bits per heavy atom. The lowest BCUT2D eigenvalue weighted by Crippen LogP contribution is -2.31. The minimum absolute atomic E-state index is 0.0493. The first-order valence-electron chi connectivity index (χ1n) is 6.80. The lowest BCUT2D eigenvalue weighted by atomic mass is 10.1. The molecule has 0 saturated heterocycles. The second-order valence-corrected chi connectivity index (χ2v) is 5.06. The number of hydrogen-bond donors (Lipinski definition) is 2. The molecule has 0 aliphatic carbocycles. The van der Waals surface area contributed by atoms with Crippen molar-refractivity contribution >= 4 is 11.6 Å². The molecule has 20 heavy (non-hydrogen) atoms. The zero-order valence-corrected chi connectivity index (χ0v) is 12.9. The number of aromatic nitrogens is 4. The quantitative estimate of drug-likeness (QED) is 0.627. The van der Waals surface area contributed by atoms with E-state index >= 15 is 0 Å². The van der Waals surface area contributed by atoms with Crippen molar-refractivity contribution in [1.29, 1.82) is 0 Å². The average molecular weight is 297 g/mol. The first-order valence-corrected chi connectivity index (χ1v) is 7.18. The van der Waals surface area contributed by atoms with Gasteiger partial charge >= 0.3 is 0 Å². The van der Waals surface area contributed by atoms with Gasteiger partial charge in [0.15, 0.2) is 0 Å². The summed E-state index contributed by atoms with van der Waals surface area (Å²) in [6, 6.07) is 1.90. The number of halogens is 1. The van der Waals surface area contributed by atoms with Crippen LogP contribution in [0, 0.1) is 0 Å². The van der Waals surface area contributed by atoms with Crippen molar-refractivity contribution in [2.75, 3.05) is 0 Å². The van der Waals surface area contributed by atoms with E-state index in [1.807, 2.05) is 22.5 Å². The van der Waals surface area contributed by atoms with E-state index in [0.29, 0.717) is 6.42 Å². The normalized spacial score (nSPS) is 12.8. The van der Waals surface area contributed by atoms with Crippen molar-refractivity contribution in [3.8, 4) is 0 Å². The number of rotatable bonds is 6. The highest BCUT2D eigenvalue weighted by molar-refractivity contribution is 6.31. The topological polar surface area (TPSA) is 73.7 Å². The van der Waals surface area contributed by atoms with Gasteiger partial charge in [0.25, 0.3) is 0 Å². The molecule has 110 valence electrons. The number of nitrogens with zero attached hydrogens (tertiary/aromatic N) is 4. The molecule has 0 aliphatic heterocycles. The second-order valence-electron chi connectivity index (χ2n) is 4.68. The van der Waals surface area contributed by atoms with E-state index in [2.05, 4.69) is 29.5 Å². The van der Waals surface area contributed by atoms with Gasteiger partial charge in [-0.2, -0.15) is 10.2 Å². The average Bonchev–Trinajstić information content (AvgIpc) is 3.00. The molecule has 6 nitrogen and oxygen atoms in total. The number of nitrogens with one attached hydrogen (secondary N) is 1. The molecule has 0 fully saturated rings. The molecule has 0 aromatic carbocycles. The van der Waals surface area contributed by atoms with Crippen molar-refractivity contribution in [2.45, 2.75) is 39.3 Å². The molecule has 0 amide bonds. The van der Waals surface area contributed by atoms with Gasteiger partial charge in [-0.25, -0.2) is 0 Å². The van der Waals surface area contributed by atoms with E-state index in [-0.39, 0.29) is 6.04 Å². The smallest absolute Gasteiger partial charge is 0.0850 e. The van der Waals surface area contributed by atoms with Crippen LogP contribution >= 0.6 is 11.6 Å². The highest BCUT2D eigenvalue weighted by Gasteiger charge is 2.21. The van der Waals surface area contributed by atoms with E-state index in [0.717, 1.165) is 35.1 Å². The van der Waals surface area contributed by atoms with Gasteiger partial charge in [-0.3, -0.25) is 20.6 Å². The Bertz CT molecular complexity index is 573. The highest BCUT2D eigenvalue weighted by atomic mass is 35.5. The number of hydrogen-bond acceptors (Lipinski definition) is 4. The summed E-state index contributed by atoms with van der Waals surface area (Å²) in [6.07, 6.45) is 3.26. The molecule has 0 bridgehead atoms. The van der Waals surface area contributed by atoms with E-state index in [9.17, 15) is 0 Å². The molecule has 3 N–H and O–H groups in total. The van der Waals surface area contributed by atoms with Crippen molar-refractivity contribution in [2.24, 2.45) is 12.9 Å². The Morgan fingerprint density at radius 1 is 1.45 bits per heavy atom. The fraction of sp³-hybridized carbons (Fsp3) is 0.538. The van der Waals surface area contributed by atoms with Crippen molar-refractivity contribution in [3.63, 3.8) is 0 Å². The van der Waals surface area contributed by atoms with Crippen LogP contribution in [0.25, 0.3) is 0 Å². The zero-order chi connectivity index (χ0) is 14.7. The van der Waals surface area contributed by atoms with E-state index in [4.69, 9.17) is 17.4 Å². The molecule has 0 saturated carbocycles. The predicted octanol–water partition coefficient (Wildman–Crippen LogP) is 1.60. The first kappa shape index (κ1) is 15.0. The summed E-state index contributed by atoms with van der Waals surface area (Å²) in [5.74, 6) is 5.70. The summed E-state index contributed by atoms with van der Waals surface area (Å²) < 4.78 is 3.76. The third kappa shape index (κ3) is 2.72. The van der Waals surface area contributed by atoms with Crippen LogP contribution in [0.4, 0.5) is 0 Å². The number of nitrogens with two attached hydrogens (primary N) is 1. The largest absolute Gasteiger partial charge is 0.271 e. The van der Waals surface area contributed by atoms with Crippen molar-refractivity contribution in [3.05, 3.63) is 34.4 Å². The summed E-state index contributed by atoms with van der Waals surface area (Å²) in [5, 5.41) is 9.46. The molecule has 0 spiro atoms. The molecule has 7 heteroatoms. The Kier molecular flexibility index (Phi) is 4.80. The molecule has 0 radical (unpaired) electrons. The Balaban J connectivity index is 2.32. The second kappa shape index (κ2) is 6.39. The fourth-order valence-corrected chi connectivity index (χ4v) is 2.73. The minimum atomic E-state index is -0.0493. The molecule has 0 aliphatic rings. The van der Waals surface area contributed by atoms with Crippen LogP contribution in [0.2, 0.25) is 5.02 Å². The maximum atomic E-state index is 6.44. The van der Waals surface area contributed by atoms with Crippen LogP contribution in [-0.4, -0.2) is 19.6 Å². The van der Waals surface area contributed by atoms with Gasteiger partial charge in [0.05, 0.1) is 28.1 Å². The predicted molar refractivity (Wildman–Crippen MR) is 79.3 cm³/mol. The fourth-order valence-electron chi connectivity index (χ4n) is 2.38. The summed E-state index contributed by atoms with van der Waals surface area (Å²) >= 11 is 6.44. The molecule has 2 heterocycles. The van der Waals surface area contributed by atoms with Crippen molar-refractivity contribution < 1.29 is 0 Å². The van der Waals surface area contributed by atoms with E-state index in [1.54, 1.807) is 6.20 Å². The van der Waals surface area contributed by atoms with Gasteiger partial charge in [0.2, 0.25) is 0 Å². The molecule has 1 atom stereocenters. The summed E-state index contributed by atoms with van der Waals surface area (Å²) in [7, 11) is 1.90. The SMILES string of the molecule is CCc1nn(CC)c(CC(NN)c2ccnn2C)c1Cl. The monoisotopic (exact) mass is 296 g/mol. The molecule has 2 aromatic rings. The number of aryl methyl sites for hydroxylation is 3. The summed E-state index contributed by atoms with van der Waals surface area (Å²) in [6.45, 7) is 4.90. The molecule has 2 aromatic heterocycles. The molecule has 2 rings (SSSR count). The maximum absolute atomic E-state index is 6.44. The number of hydrazine groups is 1. The van der Waals surface area contributed by atoms with Crippen LogP contribution in [0.5, 0.6) is 0 Å². The van der Waals surface area contributed by atoms with Crippen LogP contribution < -0.4 is 11.3 Å². The lowest BCUT2D eigenvalue weighted by molar-refractivity contribution is 0.486. The molecular weight excluding hydrogens is 276 g/mol. The Labute approximate surface area is 123 Å². The third-order valence-corrected chi connectivity index (χ3v) is 3.94. The van der Waals surface area contributed by atoms with Gasteiger partial charge in [-0.15, -0.1) is 0 Å². The standard InChI is InChI=1S/C13H21ClN6/c1-4-9-13(14)12(20(5-2)18-9)8-10(17-15)11-6-7-16-19(11)3/h6-7,10,17H,4-5,8,15H2,1-3H3. The van der Waals surface area contributed by atoms with Gasteiger partial charge in [-0.1, -0.05) is 18.5 Å². The van der Waals surface area contributed by atoms with Crippen LogP contribution in [0.15, 0.2) is 12.3 Å². The summed E-state index contributed by atoms with van der Waals surface area (Å²) in [4.78, 5) is 0. The van der Waals surface area contributed by atoms with E-state index in [1.165, 1.54) is 0 Å². The van der Waals surface area contributed by atoms with Gasteiger partial charge in [0.1, 0.15) is 0 Å². The van der Waals surface area contributed by atoms with Gasteiger partial charge < -0.3 is 0 Å². The Hall–Kier alpha value is -1.37. The zero-order valence-electron chi connectivity index (χ0n) is 12.1. The minimum Gasteiger partial charge on any atom is -0.271 e.